The molecule has 2 N–H and O–H groups in total. The number of nitrogens with zero attached hydrogens (tertiary/aromatic N) is 1. The Kier molecular flexibility index (Phi) is 2.92. The summed E-state index contributed by atoms with van der Waals surface area (Å²) in [7, 11) is 1.36. The Bertz CT molecular complexity index is 377. The number of hydrogen-bond donors (Lipinski definition) is 1. The van der Waals surface area contributed by atoms with Gasteiger partial charge in [0, 0.05) is 23.9 Å². The molecule has 0 saturated heterocycles. The minimum Gasteiger partial charge on any atom is -0.465 e. The fourth-order valence-corrected chi connectivity index (χ4v) is 2.11. The number of esters is 1. The highest BCUT2D eigenvalue weighted by Gasteiger charge is 2.38. The third-order valence-electron chi connectivity index (χ3n) is 3.43. The van der Waals surface area contributed by atoms with Crippen molar-refractivity contribution in [3.05, 3.63) is 29.6 Å². The third-order valence-corrected chi connectivity index (χ3v) is 3.43. The molecule has 1 aromatic heterocycles. The standard InChI is InChI=1S/C12H16N2O2/c1-16-11(15)9-3-4-10(14-7-9)12(8-13)5-2-6-12/h3-4,7H,2,5-6,8,13H2,1H3. The summed E-state index contributed by atoms with van der Waals surface area (Å²) < 4.78 is 4.62. The monoisotopic (exact) mass is 220 g/mol. The van der Waals surface area contributed by atoms with Crippen LogP contribution in [0, 0.1) is 0 Å². The molecule has 0 spiro atoms. The van der Waals surface area contributed by atoms with Gasteiger partial charge in [0.15, 0.2) is 0 Å². The molecule has 1 saturated carbocycles. The van der Waals surface area contributed by atoms with E-state index in [0.717, 1.165) is 18.5 Å². The highest BCUT2D eigenvalue weighted by Crippen LogP contribution is 2.41. The summed E-state index contributed by atoms with van der Waals surface area (Å²) in [5.41, 5.74) is 7.32. The van der Waals surface area contributed by atoms with E-state index in [2.05, 4.69) is 9.72 Å². The van der Waals surface area contributed by atoms with Crippen LogP contribution in [0.4, 0.5) is 0 Å². The van der Waals surface area contributed by atoms with Crippen molar-refractivity contribution in [3.8, 4) is 0 Å². The molecule has 86 valence electrons. The van der Waals surface area contributed by atoms with Crippen molar-refractivity contribution in [3.63, 3.8) is 0 Å². The van der Waals surface area contributed by atoms with Crippen molar-refractivity contribution < 1.29 is 9.53 Å². The van der Waals surface area contributed by atoms with Gasteiger partial charge in [0.05, 0.1) is 12.7 Å². The highest BCUT2D eigenvalue weighted by atomic mass is 16.5. The Balaban J connectivity index is 2.22. The third kappa shape index (κ3) is 1.69. The predicted molar refractivity (Wildman–Crippen MR) is 60.2 cm³/mol. The Morgan fingerprint density at radius 1 is 1.56 bits per heavy atom. The van der Waals surface area contributed by atoms with Crippen LogP contribution in [0.2, 0.25) is 0 Å². The average molecular weight is 220 g/mol. The number of pyridine rings is 1. The molecule has 1 aromatic rings. The van der Waals surface area contributed by atoms with Crippen LogP contribution in [0.1, 0.15) is 35.3 Å². The van der Waals surface area contributed by atoms with E-state index in [1.165, 1.54) is 13.5 Å². The van der Waals surface area contributed by atoms with Crippen molar-refractivity contribution in [2.45, 2.75) is 24.7 Å². The molecule has 16 heavy (non-hydrogen) atoms. The largest absolute Gasteiger partial charge is 0.465 e. The minimum absolute atomic E-state index is 0.0502. The number of nitrogens with two attached hydrogens (primary N) is 1. The SMILES string of the molecule is COC(=O)c1ccc(C2(CN)CCC2)nc1. The summed E-state index contributed by atoms with van der Waals surface area (Å²) in [4.78, 5) is 15.6. The van der Waals surface area contributed by atoms with Gasteiger partial charge in [-0.25, -0.2) is 4.79 Å². The normalized spacial score (nSPS) is 17.6. The molecule has 0 bridgehead atoms. The topological polar surface area (TPSA) is 65.2 Å². The molecule has 1 aliphatic carbocycles. The first-order chi connectivity index (χ1) is 7.72. The van der Waals surface area contributed by atoms with E-state index >= 15 is 0 Å². The molecule has 1 fully saturated rings. The van der Waals surface area contributed by atoms with Gasteiger partial charge in [-0.05, 0) is 25.0 Å². The number of methoxy groups -OCH3 is 1. The Morgan fingerprint density at radius 2 is 2.31 bits per heavy atom. The molecule has 1 heterocycles. The second-order valence-electron chi connectivity index (χ2n) is 4.26. The summed E-state index contributed by atoms with van der Waals surface area (Å²) in [5, 5.41) is 0. The van der Waals surface area contributed by atoms with Gasteiger partial charge in [-0.3, -0.25) is 4.98 Å². The molecule has 4 nitrogen and oxygen atoms in total. The summed E-state index contributed by atoms with van der Waals surface area (Å²) >= 11 is 0. The maximum absolute atomic E-state index is 11.2. The highest BCUT2D eigenvalue weighted by molar-refractivity contribution is 5.88. The number of rotatable bonds is 3. The van der Waals surface area contributed by atoms with Crippen LogP contribution in [0.5, 0.6) is 0 Å². The summed E-state index contributed by atoms with van der Waals surface area (Å²) in [6, 6.07) is 3.64. The van der Waals surface area contributed by atoms with Crippen LogP contribution < -0.4 is 5.73 Å². The van der Waals surface area contributed by atoms with E-state index in [-0.39, 0.29) is 11.4 Å². The fraction of sp³-hybridized carbons (Fsp3) is 0.500. The smallest absolute Gasteiger partial charge is 0.339 e. The van der Waals surface area contributed by atoms with Gasteiger partial charge in [0.25, 0.3) is 0 Å². The van der Waals surface area contributed by atoms with E-state index in [4.69, 9.17) is 5.73 Å². The number of carbonyl (C=O) groups excluding carboxylic acids is 1. The zero-order chi connectivity index (χ0) is 11.6. The molecule has 0 atom stereocenters. The van der Waals surface area contributed by atoms with Gasteiger partial charge >= 0.3 is 5.97 Å². The van der Waals surface area contributed by atoms with E-state index in [1.54, 1.807) is 12.3 Å². The maximum Gasteiger partial charge on any atom is 0.339 e. The van der Waals surface area contributed by atoms with Crippen LogP contribution in [-0.2, 0) is 10.2 Å². The first-order valence-corrected chi connectivity index (χ1v) is 5.47. The number of aromatic nitrogens is 1. The Morgan fingerprint density at radius 3 is 2.69 bits per heavy atom. The molecule has 4 heteroatoms. The number of carbonyl (C=O) groups is 1. The van der Waals surface area contributed by atoms with Crippen molar-refractivity contribution >= 4 is 5.97 Å². The van der Waals surface area contributed by atoms with Gasteiger partial charge in [0.1, 0.15) is 0 Å². The van der Waals surface area contributed by atoms with Crippen LogP contribution in [0.3, 0.4) is 0 Å². The van der Waals surface area contributed by atoms with Crippen molar-refractivity contribution in [1.29, 1.82) is 0 Å². The summed E-state index contributed by atoms with van der Waals surface area (Å²) in [6.45, 7) is 0.623. The lowest BCUT2D eigenvalue weighted by molar-refractivity contribution is 0.0600. The molecule has 0 radical (unpaired) electrons. The van der Waals surface area contributed by atoms with Gasteiger partial charge in [-0.1, -0.05) is 6.42 Å². The minimum atomic E-state index is -0.352. The molecular formula is C12H16N2O2. The predicted octanol–water partition coefficient (Wildman–Crippen LogP) is 1.25. The molecule has 0 aliphatic heterocycles. The van der Waals surface area contributed by atoms with E-state index < -0.39 is 0 Å². The molecule has 0 amide bonds. The maximum atomic E-state index is 11.2. The quantitative estimate of drug-likeness (QED) is 0.778. The Hall–Kier alpha value is -1.42. The second-order valence-corrected chi connectivity index (χ2v) is 4.26. The van der Waals surface area contributed by atoms with Crippen LogP contribution >= 0.6 is 0 Å². The molecule has 0 aromatic carbocycles. The first kappa shape index (κ1) is 11.1. The van der Waals surface area contributed by atoms with Gasteiger partial charge in [-0.2, -0.15) is 0 Å². The molecular weight excluding hydrogens is 204 g/mol. The molecule has 2 rings (SSSR count). The number of ether oxygens (including phenoxy) is 1. The summed E-state index contributed by atoms with van der Waals surface area (Å²) in [5.74, 6) is -0.352. The second kappa shape index (κ2) is 4.22. The lowest BCUT2D eigenvalue weighted by Gasteiger charge is -2.40. The lowest BCUT2D eigenvalue weighted by atomic mass is 9.66. The van der Waals surface area contributed by atoms with Gasteiger partial charge < -0.3 is 10.5 Å². The lowest BCUT2D eigenvalue weighted by Crippen LogP contribution is -2.42. The van der Waals surface area contributed by atoms with Crippen molar-refractivity contribution in [2.75, 3.05) is 13.7 Å². The van der Waals surface area contributed by atoms with Crippen molar-refractivity contribution in [1.82, 2.24) is 4.98 Å². The van der Waals surface area contributed by atoms with E-state index in [0.29, 0.717) is 12.1 Å². The van der Waals surface area contributed by atoms with Crippen LogP contribution in [0.25, 0.3) is 0 Å². The van der Waals surface area contributed by atoms with Crippen LogP contribution in [0.15, 0.2) is 18.3 Å². The van der Waals surface area contributed by atoms with Gasteiger partial charge in [-0.15, -0.1) is 0 Å². The summed E-state index contributed by atoms with van der Waals surface area (Å²) in [6.07, 6.45) is 4.96. The van der Waals surface area contributed by atoms with Crippen molar-refractivity contribution in [2.24, 2.45) is 5.73 Å². The zero-order valence-electron chi connectivity index (χ0n) is 9.40. The molecule has 1 aliphatic rings. The zero-order valence-corrected chi connectivity index (χ0v) is 9.40. The van der Waals surface area contributed by atoms with Gasteiger partial charge in [0.2, 0.25) is 0 Å². The van der Waals surface area contributed by atoms with E-state index in [1.807, 2.05) is 6.07 Å². The fourth-order valence-electron chi connectivity index (χ4n) is 2.11. The average Bonchev–Trinajstić information content (AvgIpc) is 2.28. The Labute approximate surface area is 94.8 Å². The van der Waals surface area contributed by atoms with Crippen LogP contribution in [-0.4, -0.2) is 24.6 Å². The first-order valence-electron chi connectivity index (χ1n) is 5.47. The number of hydrogen-bond acceptors (Lipinski definition) is 4. The molecule has 0 unspecified atom stereocenters. The van der Waals surface area contributed by atoms with E-state index in [9.17, 15) is 4.79 Å².